The van der Waals surface area contributed by atoms with Gasteiger partial charge in [0.1, 0.15) is 0 Å². The first-order valence-corrected chi connectivity index (χ1v) is 8.21. The fourth-order valence-corrected chi connectivity index (χ4v) is 3.02. The number of aliphatic hydroxyl groups is 1. The fraction of sp³-hybridized carbons (Fsp3) is 0.467. The number of amides is 2. The Morgan fingerprint density at radius 2 is 1.90 bits per heavy atom. The molecule has 0 spiro atoms. The van der Waals surface area contributed by atoms with Gasteiger partial charge in [0.05, 0.1) is 11.3 Å². The number of thioether (sulfide) groups is 1. The smallest absolute Gasteiger partial charge is 0.313 e. The van der Waals surface area contributed by atoms with Crippen molar-refractivity contribution in [3.63, 3.8) is 0 Å². The average molecular weight is 308 g/mol. The molecule has 1 aliphatic carbocycles. The molecule has 2 amide bonds. The molecule has 1 aliphatic rings. The van der Waals surface area contributed by atoms with Crippen LogP contribution in [0.25, 0.3) is 0 Å². The van der Waals surface area contributed by atoms with E-state index in [1.54, 1.807) is 12.1 Å². The summed E-state index contributed by atoms with van der Waals surface area (Å²) in [6.45, 7) is 0.128. The van der Waals surface area contributed by atoms with Crippen LogP contribution in [0.2, 0.25) is 0 Å². The third-order valence-electron chi connectivity index (χ3n) is 3.67. The first-order valence-electron chi connectivity index (χ1n) is 6.99. The van der Waals surface area contributed by atoms with Crippen LogP contribution >= 0.6 is 11.8 Å². The van der Waals surface area contributed by atoms with Gasteiger partial charge in [0, 0.05) is 11.4 Å². The van der Waals surface area contributed by atoms with Crippen molar-refractivity contribution >= 4 is 29.3 Å². The summed E-state index contributed by atoms with van der Waals surface area (Å²) in [6, 6.07) is 7.30. The predicted octanol–water partition coefficient (Wildman–Crippen LogP) is 1.77. The van der Waals surface area contributed by atoms with Gasteiger partial charge in [-0.1, -0.05) is 25.0 Å². The van der Waals surface area contributed by atoms with Crippen LogP contribution in [0.1, 0.15) is 25.7 Å². The lowest BCUT2D eigenvalue weighted by Gasteiger charge is -2.22. The van der Waals surface area contributed by atoms with Crippen molar-refractivity contribution < 1.29 is 14.7 Å². The molecule has 0 saturated heterocycles. The minimum atomic E-state index is -0.854. The fourth-order valence-electron chi connectivity index (χ4n) is 2.46. The summed E-state index contributed by atoms with van der Waals surface area (Å²) in [7, 11) is 0. The zero-order valence-electron chi connectivity index (χ0n) is 12.0. The molecular formula is C15H20N2O3S. The van der Waals surface area contributed by atoms with Crippen LogP contribution in [-0.2, 0) is 9.59 Å². The van der Waals surface area contributed by atoms with E-state index in [-0.39, 0.29) is 6.54 Å². The molecule has 1 fully saturated rings. The van der Waals surface area contributed by atoms with Gasteiger partial charge in [-0.05, 0) is 31.2 Å². The van der Waals surface area contributed by atoms with Crippen molar-refractivity contribution in [3.8, 4) is 0 Å². The number of rotatable bonds is 4. The Morgan fingerprint density at radius 3 is 2.57 bits per heavy atom. The molecule has 1 aromatic carbocycles. The highest BCUT2D eigenvalue weighted by Gasteiger charge is 2.32. The number of nitrogens with one attached hydrogen (secondary N) is 2. The van der Waals surface area contributed by atoms with Crippen LogP contribution in [0.15, 0.2) is 29.2 Å². The molecule has 1 aromatic rings. The van der Waals surface area contributed by atoms with Crippen molar-refractivity contribution in [2.24, 2.45) is 0 Å². The number of para-hydroxylation sites is 1. The molecule has 0 unspecified atom stereocenters. The van der Waals surface area contributed by atoms with Gasteiger partial charge in [0.25, 0.3) is 0 Å². The lowest BCUT2D eigenvalue weighted by molar-refractivity contribution is -0.136. The molecule has 1 saturated carbocycles. The second-order valence-electron chi connectivity index (χ2n) is 5.27. The standard InChI is InChI=1S/C15H20N2O3S/c1-21-12-7-3-2-6-11(12)17-14(19)13(18)16-10-15(20)8-4-5-9-15/h2-3,6-7,20H,4-5,8-10H2,1H3,(H,16,18)(H,17,19). The molecule has 0 bridgehead atoms. The molecule has 21 heavy (non-hydrogen) atoms. The average Bonchev–Trinajstić information content (AvgIpc) is 2.92. The Balaban J connectivity index is 1.89. The molecule has 114 valence electrons. The van der Waals surface area contributed by atoms with Gasteiger partial charge in [-0.3, -0.25) is 9.59 Å². The van der Waals surface area contributed by atoms with Crippen LogP contribution in [0.4, 0.5) is 5.69 Å². The maximum Gasteiger partial charge on any atom is 0.313 e. The van der Waals surface area contributed by atoms with E-state index in [0.717, 1.165) is 17.7 Å². The molecule has 0 aliphatic heterocycles. The normalized spacial score (nSPS) is 16.5. The number of carbonyl (C=O) groups excluding carboxylic acids is 2. The number of hydrogen-bond acceptors (Lipinski definition) is 4. The van der Waals surface area contributed by atoms with Crippen molar-refractivity contribution in [1.29, 1.82) is 0 Å². The zero-order chi connectivity index (χ0) is 15.3. The lowest BCUT2D eigenvalue weighted by Crippen LogP contribution is -2.44. The largest absolute Gasteiger partial charge is 0.388 e. The maximum atomic E-state index is 11.9. The third kappa shape index (κ3) is 4.22. The second-order valence-corrected chi connectivity index (χ2v) is 6.12. The molecule has 2 rings (SSSR count). The van der Waals surface area contributed by atoms with E-state index in [1.165, 1.54) is 11.8 Å². The summed E-state index contributed by atoms with van der Waals surface area (Å²) in [5.41, 5.74) is -0.239. The highest BCUT2D eigenvalue weighted by atomic mass is 32.2. The van der Waals surface area contributed by atoms with Gasteiger partial charge in [-0.2, -0.15) is 0 Å². The summed E-state index contributed by atoms with van der Waals surface area (Å²) < 4.78 is 0. The Kier molecular flexibility index (Phi) is 5.25. The summed E-state index contributed by atoms with van der Waals surface area (Å²) >= 11 is 1.50. The van der Waals surface area contributed by atoms with Crippen LogP contribution in [-0.4, -0.2) is 35.3 Å². The highest BCUT2D eigenvalue weighted by molar-refractivity contribution is 7.98. The summed E-state index contributed by atoms with van der Waals surface area (Å²) in [4.78, 5) is 24.6. The van der Waals surface area contributed by atoms with Crippen molar-refractivity contribution in [2.75, 3.05) is 18.1 Å². The maximum absolute atomic E-state index is 11.9. The Bertz CT molecular complexity index is 527. The molecular weight excluding hydrogens is 288 g/mol. The molecule has 0 heterocycles. The van der Waals surface area contributed by atoms with Gasteiger partial charge < -0.3 is 15.7 Å². The molecule has 6 heteroatoms. The Hall–Kier alpha value is -1.53. The second kappa shape index (κ2) is 6.95. The topological polar surface area (TPSA) is 78.4 Å². The number of anilines is 1. The SMILES string of the molecule is CSc1ccccc1NC(=O)C(=O)NCC1(O)CCCC1. The molecule has 5 nitrogen and oxygen atoms in total. The zero-order valence-corrected chi connectivity index (χ0v) is 12.8. The van der Waals surface area contributed by atoms with E-state index in [0.29, 0.717) is 18.5 Å². The summed E-state index contributed by atoms with van der Waals surface area (Å²) in [6.07, 6.45) is 5.16. The van der Waals surface area contributed by atoms with Crippen LogP contribution in [0.5, 0.6) is 0 Å². The van der Waals surface area contributed by atoms with Crippen molar-refractivity contribution in [3.05, 3.63) is 24.3 Å². The molecule has 0 aromatic heterocycles. The van der Waals surface area contributed by atoms with Crippen LogP contribution in [0.3, 0.4) is 0 Å². The van der Waals surface area contributed by atoms with Gasteiger partial charge in [0.2, 0.25) is 0 Å². The van der Waals surface area contributed by atoms with Crippen molar-refractivity contribution in [1.82, 2.24) is 5.32 Å². The van der Waals surface area contributed by atoms with E-state index >= 15 is 0 Å². The lowest BCUT2D eigenvalue weighted by atomic mass is 10.0. The molecule has 0 radical (unpaired) electrons. The minimum absolute atomic E-state index is 0.128. The van der Waals surface area contributed by atoms with Crippen molar-refractivity contribution in [2.45, 2.75) is 36.2 Å². The predicted molar refractivity (Wildman–Crippen MR) is 83.3 cm³/mol. The minimum Gasteiger partial charge on any atom is -0.388 e. The van der Waals surface area contributed by atoms with Gasteiger partial charge in [0.15, 0.2) is 0 Å². The Morgan fingerprint density at radius 1 is 1.24 bits per heavy atom. The van der Waals surface area contributed by atoms with Crippen LogP contribution in [0, 0.1) is 0 Å². The monoisotopic (exact) mass is 308 g/mol. The van der Waals surface area contributed by atoms with E-state index in [2.05, 4.69) is 10.6 Å². The van der Waals surface area contributed by atoms with E-state index in [9.17, 15) is 14.7 Å². The quantitative estimate of drug-likeness (QED) is 0.585. The third-order valence-corrected chi connectivity index (χ3v) is 4.47. The molecule has 3 N–H and O–H groups in total. The number of benzene rings is 1. The number of carbonyl (C=O) groups is 2. The van der Waals surface area contributed by atoms with E-state index in [4.69, 9.17) is 0 Å². The van der Waals surface area contributed by atoms with E-state index < -0.39 is 17.4 Å². The number of hydrogen-bond donors (Lipinski definition) is 3. The van der Waals surface area contributed by atoms with Crippen LogP contribution < -0.4 is 10.6 Å². The van der Waals surface area contributed by atoms with Gasteiger partial charge >= 0.3 is 11.8 Å². The van der Waals surface area contributed by atoms with Gasteiger partial charge in [-0.15, -0.1) is 11.8 Å². The first-order chi connectivity index (χ1) is 10.0. The summed E-state index contributed by atoms with van der Waals surface area (Å²) in [5, 5.41) is 15.3. The first kappa shape index (κ1) is 15.9. The van der Waals surface area contributed by atoms with E-state index in [1.807, 2.05) is 18.4 Å². The summed E-state index contributed by atoms with van der Waals surface area (Å²) in [5.74, 6) is -1.43. The van der Waals surface area contributed by atoms with Gasteiger partial charge in [-0.25, -0.2) is 0 Å². The highest BCUT2D eigenvalue weighted by Crippen LogP contribution is 2.28. The Labute approximate surface area is 128 Å². The molecule has 0 atom stereocenters.